The lowest BCUT2D eigenvalue weighted by Gasteiger charge is -2.12. The topological polar surface area (TPSA) is 84.3 Å². The van der Waals surface area contributed by atoms with Crippen LogP contribution in [0, 0.1) is 21.7 Å². The Balaban J connectivity index is 2.15. The first kappa shape index (κ1) is 13.2. The van der Waals surface area contributed by atoms with Crippen LogP contribution in [0.15, 0.2) is 12.1 Å². The van der Waals surface area contributed by atoms with E-state index in [2.05, 4.69) is 10.6 Å². The van der Waals surface area contributed by atoms with Gasteiger partial charge < -0.3 is 10.6 Å². The summed E-state index contributed by atoms with van der Waals surface area (Å²) in [4.78, 5) is 20.8. The number of halogens is 2. The minimum absolute atomic E-state index is 0.105. The molecule has 1 aliphatic heterocycles. The predicted octanol–water partition coefficient (Wildman–Crippen LogP) is 1.56. The second kappa shape index (κ2) is 5.17. The number of carbonyl (C=O) groups excluding carboxylic acids is 1. The summed E-state index contributed by atoms with van der Waals surface area (Å²) in [6, 6.07) is 1.12. The van der Waals surface area contributed by atoms with Crippen LogP contribution in [-0.2, 0) is 4.79 Å². The number of hydrogen-bond acceptors (Lipinski definition) is 4. The van der Waals surface area contributed by atoms with Gasteiger partial charge in [-0.2, -0.15) is 4.39 Å². The molecule has 6 nitrogen and oxygen atoms in total. The molecule has 2 rings (SSSR count). The number of amides is 1. The highest BCUT2D eigenvalue weighted by molar-refractivity contribution is 5.78. The summed E-state index contributed by atoms with van der Waals surface area (Å²) in [6.45, 7) is 0.176. The van der Waals surface area contributed by atoms with Gasteiger partial charge in [0.15, 0.2) is 0 Å². The van der Waals surface area contributed by atoms with Crippen molar-refractivity contribution in [3.8, 4) is 0 Å². The minimum atomic E-state index is -1.23. The molecule has 1 unspecified atom stereocenters. The Morgan fingerprint density at radius 3 is 2.79 bits per heavy atom. The monoisotopic (exact) mass is 271 g/mol. The van der Waals surface area contributed by atoms with Gasteiger partial charge in [-0.05, 0) is 6.42 Å². The molecule has 2 N–H and O–H groups in total. The maximum Gasteiger partial charge on any atom is 0.327 e. The first-order valence-electron chi connectivity index (χ1n) is 5.64. The molecule has 8 heteroatoms. The molecule has 19 heavy (non-hydrogen) atoms. The summed E-state index contributed by atoms with van der Waals surface area (Å²) >= 11 is 0. The van der Waals surface area contributed by atoms with Crippen molar-refractivity contribution in [2.24, 2.45) is 0 Å². The van der Waals surface area contributed by atoms with E-state index in [4.69, 9.17) is 0 Å². The lowest BCUT2D eigenvalue weighted by atomic mass is 10.2. The Morgan fingerprint density at radius 1 is 1.47 bits per heavy atom. The molecular weight excluding hydrogens is 260 g/mol. The number of carbonyl (C=O) groups is 1. The van der Waals surface area contributed by atoms with Crippen LogP contribution in [0.2, 0.25) is 0 Å². The van der Waals surface area contributed by atoms with E-state index in [0.29, 0.717) is 18.9 Å². The van der Waals surface area contributed by atoms with Gasteiger partial charge >= 0.3 is 5.69 Å². The Kier molecular flexibility index (Phi) is 3.59. The van der Waals surface area contributed by atoms with Crippen molar-refractivity contribution in [1.82, 2.24) is 5.32 Å². The lowest BCUT2D eigenvalue weighted by molar-refractivity contribution is -0.386. The number of benzene rings is 1. The van der Waals surface area contributed by atoms with Crippen molar-refractivity contribution >= 4 is 17.3 Å². The van der Waals surface area contributed by atoms with Crippen molar-refractivity contribution in [1.29, 1.82) is 0 Å². The fourth-order valence-electron chi connectivity index (χ4n) is 1.95. The van der Waals surface area contributed by atoms with E-state index < -0.39 is 22.2 Å². The van der Waals surface area contributed by atoms with E-state index in [0.717, 1.165) is 6.07 Å². The van der Waals surface area contributed by atoms with Crippen LogP contribution < -0.4 is 10.6 Å². The normalized spacial score (nSPS) is 18.2. The van der Waals surface area contributed by atoms with Crippen LogP contribution in [-0.4, -0.2) is 23.4 Å². The molecule has 0 bridgehead atoms. The lowest BCUT2D eigenvalue weighted by Crippen LogP contribution is -2.32. The van der Waals surface area contributed by atoms with Crippen LogP contribution in [0.1, 0.15) is 12.8 Å². The number of nitro groups is 1. The summed E-state index contributed by atoms with van der Waals surface area (Å²) in [5, 5.41) is 16.0. The molecule has 1 amide bonds. The molecule has 1 aromatic rings. The van der Waals surface area contributed by atoms with Crippen molar-refractivity contribution in [3.05, 3.63) is 33.9 Å². The van der Waals surface area contributed by atoms with Gasteiger partial charge in [-0.15, -0.1) is 0 Å². The van der Waals surface area contributed by atoms with Gasteiger partial charge in [-0.1, -0.05) is 0 Å². The molecule has 0 aromatic heterocycles. The molecule has 1 fully saturated rings. The zero-order valence-electron chi connectivity index (χ0n) is 9.78. The number of nitrogens with one attached hydrogen (secondary N) is 2. The Bertz CT molecular complexity index is 536. The van der Waals surface area contributed by atoms with Crippen molar-refractivity contribution in [2.75, 3.05) is 11.9 Å². The van der Waals surface area contributed by atoms with Crippen LogP contribution in [0.3, 0.4) is 0 Å². The van der Waals surface area contributed by atoms with Gasteiger partial charge in [0, 0.05) is 31.1 Å². The number of nitro benzene ring substituents is 1. The zero-order chi connectivity index (χ0) is 14.0. The maximum absolute atomic E-state index is 13.3. The molecular formula is C11H11F2N3O3. The van der Waals surface area contributed by atoms with Crippen molar-refractivity contribution in [3.63, 3.8) is 0 Å². The van der Waals surface area contributed by atoms with Crippen LogP contribution in [0.5, 0.6) is 0 Å². The second-order valence-electron chi connectivity index (χ2n) is 4.22. The summed E-state index contributed by atoms with van der Waals surface area (Å²) in [6.07, 6.45) is 0.962. The molecule has 1 saturated heterocycles. The van der Waals surface area contributed by atoms with Gasteiger partial charge in [0.25, 0.3) is 0 Å². The van der Waals surface area contributed by atoms with Gasteiger partial charge in [-0.3, -0.25) is 14.9 Å². The van der Waals surface area contributed by atoms with Crippen molar-refractivity contribution < 1.29 is 18.5 Å². The molecule has 1 aliphatic rings. The second-order valence-corrected chi connectivity index (χ2v) is 4.22. The van der Waals surface area contributed by atoms with E-state index in [1.165, 1.54) is 0 Å². The molecule has 0 saturated carbocycles. The van der Waals surface area contributed by atoms with E-state index in [9.17, 15) is 23.7 Å². The Labute approximate surface area is 106 Å². The molecule has 1 heterocycles. The third kappa shape index (κ3) is 2.95. The third-order valence-electron chi connectivity index (χ3n) is 2.83. The predicted molar refractivity (Wildman–Crippen MR) is 62.7 cm³/mol. The third-order valence-corrected chi connectivity index (χ3v) is 2.83. The summed E-state index contributed by atoms with van der Waals surface area (Å²) in [5.74, 6) is -2.24. The fourth-order valence-corrected chi connectivity index (χ4v) is 1.95. The van der Waals surface area contributed by atoms with Gasteiger partial charge in [-0.25, -0.2) is 4.39 Å². The first-order valence-corrected chi connectivity index (χ1v) is 5.64. The fraction of sp³-hybridized carbons (Fsp3) is 0.364. The highest BCUT2D eigenvalue weighted by atomic mass is 19.1. The largest absolute Gasteiger partial charge is 0.377 e. The Morgan fingerprint density at radius 2 is 2.21 bits per heavy atom. The van der Waals surface area contributed by atoms with Crippen LogP contribution in [0.4, 0.5) is 20.2 Å². The number of rotatable bonds is 4. The van der Waals surface area contributed by atoms with Gasteiger partial charge in [0.2, 0.25) is 11.7 Å². The molecule has 1 atom stereocenters. The van der Waals surface area contributed by atoms with E-state index >= 15 is 0 Å². The highest BCUT2D eigenvalue weighted by Gasteiger charge is 2.24. The standard InChI is InChI=1S/C11H11F2N3O3/c12-6-3-8(13)11(16(18)19)9(4-6)14-5-7-1-2-10(17)15-7/h3-4,7,14H,1-2,5H2,(H,15,17). The maximum atomic E-state index is 13.3. The minimum Gasteiger partial charge on any atom is -0.377 e. The zero-order valence-corrected chi connectivity index (χ0v) is 9.78. The number of hydrogen-bond donors (Lipinski definition) is 2. The van der Waals surface area contributed by atoms with Gasteiger partial charge in [0.05, 0.1) is 4.92 Å². The first-order chi connectivity index (χ1) is 8.97. The summed E-state index contributed by atoms with van der Waals surface area (Å²) in [5.41, 5.74) is -1.03. The average Bonchev–Trinajstić information content (AvgIpc) is 2.71. The van der Waals surface area contributed by atoms with Crippen LogP contribution in [0.25, 0.3) is 0 Å². The average molecular weight is 271 g/mol. The van der Waals surface area contributed by atoms with Crippen molar-refractivity contribution in [2.45, 2.75) is 18.9 Å². The van der Waals surface area contributed by atoms with E-state index in [-0.39, 0.29) is 24.2 Å². The highest BCUT2D eigenvalue weighted by Crippen LogP contribution is 2.28. The quantitative estimate of drug-likeness (QED) is 0.643. The van der Waals surface area contributed by atoms with Gasteiger partial charge in [0.1, 0.15) is 11.5 Å². The summed E-state index contributed by atoms with van der Waals surface area (Å²) in [7, 11) is 0. The molecule has 1 aromatic carbocycles. The summed E-state index contributed by atoms with van der Waals surface area (Å²) < 4.78 is 26.4. The molecule has 0 spiro atoms. The van der Waals surface area contributed by atoms with E-state index in [1.807, 2.05) is 0 Å². The number of anilines is 1. The SMILES string of the molecule is O=C1CCC(CNc2cc(F)cc(F)c2[N+](=O)[O-])N1. The Hall–Kier alpha value is -2.25. The van der Waals surface area contributed by atoms with E-state index in [1.54, 1.807) is 0 Å². The smallest absolute Gasteiger partial charge is 0.327 e. The van der Waals surface area contributed by atoms with Crippen LogP contribution >= 0.6 is 0 Å². The molecule has 0 radical (unpaired) electrons. The molecule has 0 aliphatic carbocycles. The number of nitrogens with zero attached hydrogens (tertiary/aromatic N) is 1. The molecule has 102 valence electrons.